The van der Waals surface area contributed by atoms with Gasteiger partial charge in [-0.05, 0) is 25.0 Å². The predicted molar refractivity (Wildman–Crippen MR) is 72.4 cm³/mol. The molecule has 0 saturated carbocycles. The number of hydrogen-bond acceptors (Lipinski definition) is 4. The van der Waals surface area contributed by atoms with Crippen LogP contribution in [0.2, 0.25) is 0 Å². The molecule has 1 unspecified atom stereocenters. The van der Waals surface area contributed by atoms with Crippen LogP contribution in [0.4, 0.5) is 24.8 Å². The van der Waals surface area contributed by atoms with Crippen LogP contribution in [-0.4, -0.2) is 24.2 Å². The van der Waals surface area contributed by atoms with Crippen molar-refractivity contribution in [3.63, 3.8) is 0 Å². The van der Waals surface area contributed by atoms with E-state index in [1.54, 1.807) is 0 Å². The number of nitrogens with one attached hydrogen (secondary N) is 1. The Morgan fingerprint density at radius 2 is 2.00 bits per heavy atom. The summed E-state index contributed by atoms with van der Waals surface area (Å²) in [6.45, 7) is 6.70. The van der Waals surface area contributed by atoms with Crippen molar-refractivity contribution in [1.29, 1.82) is 0 Å². The van der Waals surface area contributed by atoms with Gasteiger partial charge in [0.2, 0.25) is 0 Å². The van der Waals surface area contributed by atoms with Crippen LogP contribution < -0.4 is 11.1 Å². The second-order valence-corrected chi connectivity index (χ2v) is 4.82. The van der Waals surface area contributed by atoms with E-state index in [9.17, 15) is 13.2 Å². The number of alkyl halides is 3. The molecule has 0 aliphatic carbocycles. The zero-order valence-corrected chi connectivity index (χ0v) is 11.8. The minimum absolute atomic E-state index is 0.107. The van der Waals surface area contributed by atoms with Crippen LogP contribution in [-0.2, 0) is 10.9 Å². The Kier molecular flexibility index (Phi) is 5.62. The van der Waals surface area contributed by atoms with Crippen molar-refractivity contribution in [1.82, 2.24) is 4.98 Å². The highest BCUT2D eigenvalue weighted by molar-refractivity contribution is 5.48. The molecule has 1 heterocycles. The van der Waals surface area contributed by atoms with Crippen molar-refractivity contribution in [2.75, 3.05) is 24.3 Å². The number of rotatable bonds is 6. The summed E-state index contributed by atoms with van der Waals surface area (Å²) < 4.78 is 43.4. The number of nitrogens with two attached hydrogens (primary N) is 1. The fraction of sp³-hybridized carbons (Fsp3) is 0.615. The van der Waals surface area contributed by atoms with Crippen LogP contribution in [0.15, 0.2) is 12.1 Å². The van der Waals surface area contributed by atoms with Gasteiger partial charge in [0.15, 0.2) is 0 Å². The average Bonchev–Trinajstić information content (AvgIpc) is 2.32. The molecule has 1 rings (SSSR count). The van der Waals surface area contributed by atoms with Gasteiger partial charge in [0.1, 0.15) is 11.6 Å². The van der Waals surface area contributed by atoms with Crippen molar-refractivity contribution in [2.24, 2.45) is 5.92 Å². The van der Waals surface area contributed by atoms with Gasteiger partial charge in [0.05, 0.1) is 18.2 Å². The number of nitrogens with zero attached hydrogens (tertiary/aromatic N) is 1. The number of halogens is 3. The van der Waals surface area contributed by atoms with E-state index in [2.05, 4.69) is 10.3 Å². The van der Waals surface area contributed by atoms with Gasteiger partial charge in [-0.3, -0.25) is 0 Å². The smallest absolute Gasteiger partial charge is 0.384 e. The topological polar surface area (TPSA) is 60.2 Å². The summed E-state index contributed by atoms with van der Waals surface area (Å²) in [6, 6.07) is 1.64. The van der Waals surface area contributed by atoms with Gasteiger partial charge in [0.25, 0.3) is 0 Å². The maximum atomic E-state index is 12.7. The molecule has 0 spiro atoms. The molecule has 0 bridgehead atoms. The summed E-state index contributed by atoms with van der Waals surface area (Å²) in [6.07, 6.45) is -4.44. The predicted octanol–water partition coefficient (Wildman–Crippen LogP) is 3.16. The second kappa shape index (κ2) is 6.78. The number of ether oxygens (including phenoxy) is 1. The van der Waals surface area contributed by atoms with Gasteiger partial charge < -0.3 is 15.8 Å². The first-order valence-electron chi connectivity index (χ1n) is 6.43. The zero-order valence-electron chi connectivity index (χ0n) is 11.8. The second-order valence-electron chi connectivity index (χ2n) is 4.82. The molecular formula is C13H20F3N3O. The minimum Gasteiger partial charge on any atom is -0.384 e. The Morgan fingerprint density at radius 1 is 1.35 bits per heavy atom. The quantitative estimate of drug-likeness (QED) is 0.845. The van der Waals surface area contributed by atoms with Gasteiger partial charge in [-0.1, -0.05) is 13.8 Å². The van der Waals surface area contributed by atoms with Crippen LogP contribution >= 0.6 is 0 Å². The highest BCUT2D eigenvalue weighted by Crippen LogP contribution is 2.31. The Morgan fingerprint density at radius 3 is 2.50 bits per heavy atom. The van der Waals surface area contributed by atoms with Gasteiger partial charge in [0, 0.05) is 6.61 Å². The summed E-state index contributed by atoms with van der Waals surface area (Å²) in [5.74, 6) is 0.121. The lowest BCUT2D eigenvalue weighted by atomic mass is 10.1. The molecule has 4 nitrogen and oxygen atoms in total. The molecule has 20 heavy (non-hydrogen) atoms. The van der Waals surface area contributed by atoms with E-state index in [1.807, 2.05) is 20.8 Å². The van der Waals surface area contributed by atoms with Gasteiger partial charge in [-0.25, -0.2) is 4.98 Å². The fourth-order valence-electron chi connectivity index (χ4n) is 1.63. The molecule has 0 radical (unpaired) electrons. The molecule has 0 saturated heterocycles. The standard InChI is InChI=1S/C13H20F3N3O/c1-4-20-7-10(8(2)3)18-12-6-9(13(14,15)16)5-11(17)19-12/h5-6,8,10H,4,7H2,1-3H3,(H3,17,18,19). The molecule has 0 aromatic carbocycles. The maximum absolute atomic E-state index is 12.7. The highest BCUT2D eigenvalue weighted by Gasteiger charge is 2.31. The molecule has 7 heteroatoms. The lowest BCUT2D eigenvalue weighted by Crippen LogP contribution is -2.31. The van der Waals surface area contributed by atoms with Crippen LogP contribution in [0, 0.1) is 5.92 Å². The number of aromatic nitrogens is 1. The van der Waals surface area contributed by atoms with Crippen molar-refractivity contribution >= 4 is 11.6 Å². The van der Waals surface area contributed by atoms with Crippen molar-refractivity contribution in [2.45, 2.75) is 33.0 Å². The van der Waals surface area contributed by atoms with Crippen LogP contribution in [0.1, 0.15) is 26.3 Å². The van der Waals surface area contributed by atoms with E-state index >= 15 is 0 Å². The summed E-state index contributed by atoms with van der Waals surface area (Å²) in [5, 5.41) is 2.95. The average molecular weight is 291 g/mol. The van der Waals surface area contributed by atoms with E-state index in [-0.39, 0.29) is 23.6 Å². The normalized spacial score (nSPS) is 13.6. The van der Waals surface area contributed by atoms with Gasteiger partial charge in [-0.2, -0.15) is 13.2 Å². The molecule has 1 aromatic rings. The highest BCUT2D eigenvalue weighted by atomic mass is 19.4. The Labute approximate surface area is 116 Å². The molecule has 0 aliphatic heterocycles. The number of hydrogen-bond donors (Lipinski definition) is 2. The van der Waals surface area contributed by atoms with Gasteiger partial charge in [-0.15, -0.1) is 0 Å². The largest absolute Gasteiger partial charge is 0.416 e. The van der Waals surface area contributed by atoms with E-state index < -0.39 is 11.7 Å². The number of nitrogen functional groups attached to an aromatic ring is 1. The SMILES string of the molecule is CCOCC(Nc1cc(C(F)(F)F)cc(N)n1)C(C)C. The van der Waals surface area contributed by atoms with Crippen molar-refractivity contribution < 1.29 is 17.9 Å². The molecule has 0 amide bonds. The Bertz CT molecular complexity index is 435. The summed E-state index contributed by atoms with van der Waals surface area (Å²) >= 11 is 0. The van der Waals surface area contributed by atoms with E-state index in [1.165, 1.54) is 0 Å². The summed E-state index contributed by atoms with van der Waals surface area (Å²) in [4.78, 5) is 3.89. The first-order chi connectivity index (χ1) is 9.24. The number of anilines is 2. The van der Waals surface area contributed by atoms with E-state index in [0.29, 0.717) is 13.2 Å². The third-order valence-electron chi connectivity index (χ3n) is 2.81. The molecular weight excluding hydrogens is 271 g/mol. The van der Waals surface area contributed by atoms with Crippen LogP contribution in [0.5, 0.6) is 0 Å². The Hall–Kier alpha value is -1.50. The first kappa shape index (κ1) is 16.6. The third kappa shape index (κ3) is 4.88. The molecule has 114 valence electrons. The molecule has 1 atom stereocenters. The minimum atomic E-state index is -4.44. The lowest BCUT2D eigenvalue weighted by molar-refractivity contribution is -0.137. The molecule has 0 aliphatic rings. The molecule has 3 N–H and O–H groups in total. The third-order valence-corrected chi connectivity index (χ3v) is 2.81. The van der Waals surface area contributed by atoms with E-state index in [4.69, 9.17) is 10.5 Å². The van der Waals surface area contributed by atoms with Crippen LogP contribution in [0.25, 0.3) is 0 Å². The van der Waals surface area contributed by atoms with E-state index in [0.717, 1.165) is 12.1 Å². The fourth-order valence-corrected chi connectivity index (χ4v) is 1.63. The maximum Gasteiger partial charge on any atom is 0.416 e. The summed E-state index contributed by atoms with van der Waals surface area (Å²) in [5.41, 5.74) is 4.61. The van der Waals surface area contributed by atoms with Gasteiger partial charge >= 0.3 is 6.18 Å². The lowest BCUT2D eigenvalue weighted by Gasteiger charge is -2.23. The molecule has 1 aromatic heterocycles. The monoisotopic (exact) mass is 291 g/mol. The molecule has 0 fully saturated rings. The zero-order chi connectivity index (χ0) is 15.3. The number of pyridine rings is 1. The van der Waals surface area contributed by atoms with Crippen molar-refractivity contribution in [3.05, 3.63) is 17.7 Å². The summed E-state index contributed by atoms with van der Waals surface area (Å²) in [7, 11) is 0. The van der Waals surface area contributed by atoms with Crippen molar-refractivity contribution in [3.8, 4) is 0 Å². The first-order valence-corrected chi connectivity index (χ1v) is 6.43. The van der Waals surface area contributed by atoms with Crippen LogP contribution in [0.3, 0.4) is 0 Å². The Balaban J connectivity index is 2.92.